The third kappa shape index (κ3) is 2.40. The van der Waals surface area contributed by atoms with Crippen molar-refractivity contribution in [3.05, 3.63) is 65.7 Å². The molecule has 3 aromatic rings. The van der Waals surface area contributed by atoms with Crippen molar-refractivity contribution in [2.24, 2.45) is 0 Å². The summed E-state index contributed by atoms with van der Waals surface area (Å²) in [7, 11) is 0. The number of hydrogen-bond donors (Lipinski definition) is 2. The Kier molecular flexibility index (Phi) is 3.19. The van der Waals surface area contributed by atoms with Crippen LogP contribution in [0.3, 0.4) is 0 Å². The smallest absolute Gasteiger partial charge is 0.253 e. The van der Waals surface area contributed by atoms with Crippen LogP contribution in [0.15, 0.2) is 48.7 Å². The molecule has 0 unspecified atom stereocenters. The number of nitrogens with zero attached hydrogens (tertiary/aromatic N) is 1. The Morgan fingerprint density at radius 3 is 2.70 bits per heavy atom. The molecule has 2 N–H and O–H groups in total. The van der Waals surface area contributed by atoms with E-state index in [0.29, 0.717) is 29.1 Å². The van der Waals surface area contributed by atoms with Crippen molar-refractivity contribution >= 4 is 5.91 Å². The molecule has 0 bridgehead atoms. The first-order valence-corrected chi connectivity index (χ1v) is 7.44. The maximum atomic E-state index is 14.2. The third-order valence-electron chi connectivity index (χ3n) is 4.02. The van der Waals surface area contributed by atoms with Gasteiger partial charge in [0, 0.05) is 35.5 Å². The summed E-state index contributed by atoms with van der Waals surface area (Å²) >= 11 is 0. The lowest BCUT2D eigenvalue weighted by Crippen LogP contribution is -2.31. The summed E-state index contributed by atoms with van der Waals surface area (Å²) in [4.78, 5) is 19.2. The third-order valence-corrected chi connectivity index (χ3v) is 4.02. The number of aromatic amines is 1. The minimum atomic E-state index is -0.413. The molecule has 0 saturated heterocycles. The lowest BCUT2D eigenvalue weighted by Gasteiger charge is -2.11. The predicted octanol–water partition coefficient (Wildman–Crippen LogP) is 3.17. The molecule has 5 heteroatoms. The van der Waals surface area contributed by atoms with Crippen molar-refractivity contribution < 1.29 is 9.18 Å². The van der Waals surface area contributed by atoms with E-state index in [1.54, 1.807) is 12.1 Å². The van der Waals surface area contributed by atoms with Gasteiger partial charge >= 0.3 is 0 Å². The zero-order chi connectivity index (χ0) is 15.8. The summed E-state index contributed by atoms with van der Waals surface area (Å²) in [6, 6.07) is 13.0. The van der Waals surface area contributed by atoms with Crippen molar-refractivity contribution in [2.75, 3.05) is 6.54 Å². The van der Waals surface area contributed by atoms with Crippen LogP contribution in [0.1, 0.15) is 16.1 Å². The number of nitrogens with one attached hydrogen (secondary N) is 2. The summed E-state index contributed by atoms with van der Waals surface area (Å²) in [5.74, 6) is -0.532. The average molecular weight is 307 g/mol. The second-order valence-corrected chi connectivity index (χ2v) is 5.50. The highest BCUT2D eigenvalue weighted by Crippen LogP contribution is 2.29. The second kappa shape index (κ2) is 5.35. The standard InChI is InChI=1S/C18H14FN3O/c19-14-10-21-16(11-4-2-1-3-5-11)8-12(14)17-9-13-15(22-17)6-7-20-18(13)23/h1-5,8-10,22H,6-7H2,(H,20,23). The second-order valence-electron chi connectivity index (χ2n) is 5.50. The monoisotopic (exact) mass is 307 g/mol. The Bertz CT molecular complexity index is 887. The molecule has 4 nitrogen and oxygen atoms in total. The molecule has 0 atom stereocenters. The molecule has 0 fully saturated rings. The molecule has 1 aliphatic heterocycles. The van der Waals surface area contributed by atoms with E-state index >= 15 is 0 Å². The number of halogens is 1. The van der Waals surface area contributed by atoms with Crippen molar-refractivity contribution in [3.8, 4) is 22.5 Å². The Balaban J connectivity index is 1.81. The van der Waals surface area contributed by atoms with Crippen LogP contribution in [0, 0.1) is 5.82 Å². The quantitative estimate of drug-likeness (QED) is 0.764. The lowest BCUT2D eigenvalue weighted by atomic mass is 10.1. The first kappa shape index (κ1) is 13.7. The van der Waals surface area contributed by atoms with Crippen LogP contribution in [0.5, 0.6) is 0 Å². The summed E-state index contributed by atoms with van der Waals surface area (Å²) < 4.78 is 14.2. The first-order chi connectivity index (χ1) is 11.2. The van der Waals surface area contributed by atoms with Gasteiger partial charge < -0.3 is 10.3 Å². The molecule has 1 aliphatic rings. The fraction of sp³-hybridized carbons (Fsp3) is 0.111. The number of aromatic nitrogens is 2. The molecular formula is C18H14FN3O. The molecule has 114 valence electrons. The molecule has 1 amide bonds. The number of fused-ring (bicyclic) bond motifs is 1. The minimum Gasteiger partial charge on any atom is -0.358 e. The number of benzene rings is 1. The Morgan fingerprint density at radius 2 is 1.91 bits per heavy atom. The Hall–Kier alpha value is -2.95. The number of amides is 1. The van der Waals surface area contributed by atoms with E-state index in [-0.39, 0.29) is 5.91 Å². The molecule has 3 heterocycles. The molecular weight excluding hydrogens is 293 g/mol. The van der Waals surface area contributed by atoms with Crippen LogP contribution in [-0.4, -0.2) is 22.4 Å². The van der Waals surface area contributed by atoms with Gasteiger partial charge in [-0.1, -0.05) is 30.3 Å². The van der Waals surface area contributed by atoms with E-state index in [1.165, 1.54) is 6.20 Å². The Labute approximate surface area is 132 Å². The highest BCUT2D eigenvalue weighted by molar-refractivity contribution is 5.97. The highest BCUT2D eigenvalue weighted by Gasteiger charge is 2.21. The maximum Gasteiger partial charge on any atom is 0.253 e. The topological polar surface area (TPSA) is 57.8 Å². The molecule has 0 saturated carbocycles. The van der Waals surface area contributed by atoms with E-state index in [2.05, 4.69) is 15.3 Å². The van der Waals surface area contributed by atoms with E-state index < -0.39 is 5.82 Å². The van der Waals surface area contributed by atoms with Gasteiger partial charge in [-0.25, -0.2) is 4.39 Å². The highest BCUT2D eigenvalue weighted by atomic mass is 19.1. The van der Waals surface area contributed by atoms with Crippen LogP contribution in [0.2, 0.25) is 0 Å². The predicted molar refractivity (Wildman–Crippen MR) is 85.5 cm³/mol. The maximum absolute atomic E-state index is 14.2. The van der Waals surface area contributed by atoms with Gasteiger partial charge in [0.1, 0.15) is 0 Å². The first-order valence-electron chi connectivity index (χ1n) is 7.44. The lowest BCUT2D eigenvalue weighted by molar-refractivity contribution is 0.0946. The minimum absolute atomic E-state index is 0.119. The van der Waals surface area contributed by atoms with Crippen LogP contribution in [-0.2, 0) is 6.42 Å². The van der Waals surface area contributed by atoms with Gasteiger partial charge in [-0.15, -0.1) is 0 Å². The van der Waals surface area contributed by atoms with Gasteiger partial charge in [-0.3, -0.25) is 9.78 Å². The van der Waals surface area contributed by atoms with Gasteiger partial charge in [-0.05, 0) is 12.1 Å². The number of H-pyrrole nitrogens is 1. The molecule has 23 heavy (non-hydrogen) atoms. The number of carbonyl (C=O) groups excluding carboxylic acids is 1. The largest absolute Gasteiger partial charge is 0.358 e. The Morgan fingerprint density at radius 1 is 1.09 bits per heavy atom. The van der Waals surface area contributed by atoms with Gasteiger partial charge in [0.2, 0.25) is 0 Å². The van der Waals surface area contributed by atoms with Crippen LogP contribution >= 0.6 is 0 Å². The van der Waals surface area contributed by atoms with Gasteiger partial charge in [-0.2, -0.15) is 0 Å². The van der Waals surface area contributed by atoms with Crippen LogP contribution < -0.4 is 5.32 Å². The number of pyridine rings is 1. The SMILES string of the molecule is O=C1NCCc2[nH]c(-c3cc(-c4ccccc4)ncc3F)cc21. The van der Waals surface area contributed by atoms with Crippen molar-refractivity contribution in [1.29, 1.82) is 0 Å². The molecule has 0 spiro atoms. The summed E-state index contributed by atoms with van der Waals surface area (Å²) in [6.45, 7) is 0.597. The van der Waals surface area contributed by atoms with E-state index in [1.807, 2.05) is 30.3 Å². The molecule has 0 aliphatic carbocycles. The fourth-order valence-corrected chi connectivity index (χ4v) is 2.85. The molecule has 1 aromatic carbocycles. The molecule has 2 aromatic heterocycles. The summed E-state index contributed by atoms with van der Waals surface area (Å²) in [5.41, 5.74) is 4.07. The van der Waals surface area contributed by atoms with Gasteiger partial charge in [0.05, 0.1) is 17.5 Å². The fourth-order valence-electron chi connectivity index (χ4n) is 2.85. The van der Waals surface area contributed by atoms with E-state index in [4.69, 9.17) is 0 Å². The van der Waals surface area contributed by atoms with Gasteiger partial charge in [0.15, 0.2) is 5.82 Å². The van der Waals surface area contributed by atoms with Gasteiger partial charge in [0.25, 0.3) is 5.91 Å². The molecule has 4 rings (SSSR count). The number of hydrogen-bond acceptors (Lipinski definition) is 2. The molecule has 0 radical (unpaired) electrons. The zero-order valence-corrected chi connectivity index (χ0v) is 12.3. The van der Waals surface area contributed by atoms with Crippen molar-refractivity contribution in [3.63, 3.8) is 0 Å². The number of rotatable bonds is 2. The van der Waals surface area contributed by atoms with E-state index in [9.17, 15) is 9.18 Å². The normalized spacial score (nSPS) is 13.5. The van der Waals surface area contributed by atoms with Crippen LogP contribution in [0.4, 0.5) is 4.39 Å². The average Bonchev–Trinajstić information content (AvgIpc) is 3.01. The van der Waals surface area contributed by atoms with Crippen LogP contribution in [0.25, 0.3) is 22.5 Å². The summed E-state index contributed by atoms with van der Waals surface area (Å²) in [5, 5.41) is 2.79. The zero-order valence-electron chi connectivity index (χ0n) is 12.3. The van der Waals surface area contributed by atoms with E-state index in [0.717, 1.165) is 17.7 Å². The van der Waals surface area contributed by atoms with Crippen molar-refractivity contribution in [1.82, 2.24) is 15.3 Å². The summed E-state index contributed by atoms with van der Waals surface area (Å²) in [6.07, 6.45) is 1.94. The van der Waals surface area contributed by atoms with Crippen molar-refractivity contribution in [2.45, 2.75) is 6.42 Å². The number of carbonyl (C=O) groups is 1.